The van der Waals surface area contributed by atoms with E-state index in [1.807, 2.05) is 18.7 Å². The van der Waals surface area contributed by atoms with Gasteiger partial charge >= 0.3 is 0 Å². The molecule has 1 fully saturated rings. The molecule has 4 heteroatoms. The van der Waals surface area contributed by atoms with Gasteiger partial charge in [0.15, 0.2) is 6.39 Å². The van der Waals surface area contributed by atoms with Gasteiger partial charge in [0.2, 0.25) is 0 Å². The van der Waals surface area contributed by atoms with Crippen molar-refractivity contribution in [2.24, 2.45) is 0 Å². The lowest BCUT2D eigenvalue weighted by atomic mass is 10.3. The van der Waals surface area contributed by atoms with Crippen LogP contribution >= 0.6 is 11.8 Å². The zero-order valence-electron chi connectivity index (χ0n) is 7.04. The van der Waals surface area contributed by atoms with Crippen molar-refractivity contribution >= 4 is 11.8 Å². The minimum Gasteiger partial charge on any atom is -0.448 e. The summed E-state index contributed by atoms with van der Waals surface area (Å²) in [5.41, 5.74) is 1.03. The highest BCUT2D eigenvalue weighted by molar-refractivity contribution is 8.00. The van der Waals surface area contributed by atoms with Gasteiger partial charge < -0.3 is 9.73 Å². The van der Waals surface area contributed by atoms with Gasteiger partial charge in [-0.2, -0.15) is 11.8 Å². The van der Waals surface area contributed by atoms with Crippen molar-refractivity contribution < 1.29 is 4.42 Å². The summed E-state index contributed by atoms with van der Waals surface area (Å²) in [6.07, 6.45) is 1.50. The molecule has 0 atom stereocenters. The number of thioether (sulfide) groups is 1. The molecule has 1 aromatic heterocycles. The summed E-state index contributed by atoms with van der Waals surface area (Å²) in [6, 6.07) is 0.686. The van der Waals surface area contributed by atoms with E-state index in [4.69, 9.17) is 4.42 Å². The third-order valence-corrected chi connectivity index (χ3v) is 3.32. The summed E-state index contributed by atoms with van der Waals surface area (Å²) >= 11 is 1.98. The number of oxazole rings is 1. The Kier molecular flexibility index (Phi) is 2.37. The van der Waals surface area contributed by atoms with Crippen LogP contribution in [-0.2, 0) is 6.54 Å². The Morgan fingerprint density at radius 1 is 1.75 bits per heavy atom. The van der Waals surface area contributed by atoms with E-state index >= 15 is 0 Å². The molecule has 0 saturated carbocycles. The van der Waals surface area contributed by atoms with E-state index in [1.54, 1.807) is 0 Å². The van der Waals surface area contributed by atoms with Crippen LogP contribution in [0.3, 0.4) is 0 Å². The lowest BCUT2D eigenvalue weighted by molar-refractivity contribution is 0.518. The van der Waals surface area contributed by atoms with Crippen molar-refractivity contribution in [2.45, 2.75) is 19.5 Å². The molecule has 0 bridgehead atoms. The Hall–Kier alpha value is -0.480. The highest BCUT2D eigenvalue weighted by atomic mass is 32.2. The number of hydrogen-bond acceptors (Lipinski definition) is 4. The molecular formula is C8H12N2OS. The molecule has 1 N–H and O–H groups in total. The quantitative estimate of drug-likeness (QED) is 0.765. The standard InChI is InChI=1S/C8H12N2OS/c1-6-8(10-5-11-6)2-9-7-3-12-4-7/h5,7,9H,2-4H2,1H3. The zero-order valence-corrected chi connectivity index (χ0v) is 7.86. The average Bonchev–Trinajstić information content (AvgIpc) is 2.33. The second-order valence-corrected chi connectivity index (χ2v) is 4.05. The third kappa shape index (κ3) is 1.64. The van der Waals surface area contributed by atoms with E-state index in [-0.39, 0.29) is 0 Å². The van der Waals surface area contributed by atoms with Gasteiger partial charge in [0.1, 0.15) is 5.76 Å². The van der Waals surface area contributed by atoms with E-state index in [2.05, 4.69) is 10.3 Å². The molecule has 12 heavy (non-hydrogen) atoms. The molecule has 0 spiro atoms. The number of aromatic nitrogens is 1. The summed E-state index contributed by atoms with van der Waals surface area (Å²) in [5.74, 6) is 3.39. The summed E-state index contributed by atoms with van der Waals surface area (Å²) < 4.78 is 5.09. The lowest BCUT2D eigenvalue weighted by Gasteiger charge is -2.25. The molecule has 0 unspecified atom stereocenters. The molecule has 1 saturated heterocycles. The fourth-order valence-corrected chi connectivity index (χ4v) is 1.80. The van der Waals surface area contributed by atoms with Crippen LogP contribution in [0, 0.1) is 6.92 Å². The number of hydrogen-bond donors (Lipinski definition) is 1. The Morgan fingerprint density at radius 3 is 3.08 bits per heavy atom. The molecule has 0 aromatic carbocycles. The number of aryl methyl sites for hydroxylation is 1. The summed E-state index contributed by atoms with van der Waals surface area (Å²) in [6.45, 7) is 2.78. The molecule has 0 aliphatic carbocycles. The van der Waals surface area contributed by atoms with Gasteiger partial charge in [0, 0.05) is 24.1 Å². The smallest absolute Gasteiger partial charge is 0.181 e. The number of nitrogens with one attached hydrogen (secondary N) is 1. The molecule has 3 nitrogen and oxygen atoms in total. The van der Waals surface area contributed by atoms with Crippen molar-refractivity contribution in [3.63, 3.8) is 0 Å². The average molecular weight is 184 g/mol. The normalized spacial score (nSPS) is 17.8. The van der Waals surface area contributed by atoms with Gasteiger partial charge in [-0.25, -0.2) is 4.98 Å². The van der Waals surface area contributed by atoms with Crippen molar-refractivity contribution in [2.75, 3.05) is 11.5 Å². The maximum Gasteiger partial charge on any atom is 0.181 e. The Bertz CT molecular complexity index is 257. The van der Waals surface area contributed by atoms with Crippen molar-refractivity contribution in [1.29, 1.82) is 0 Å². The van der Waals surface area contributed by atoms with Crippen LogP contribution < -0.4 is 5.32 Å². The maximum absolute atomic E-state index is 5.09. The minimum absolute atomic E-state index is 0.686. The van der Waals surface area contributed by atoms with E-state index in [0.29, 0.717) is 6.04 Å². The summed E-state index contributed by atoms with van der Waals surface area (Å²) in [5, 5.41) is 3.42. The molecule has 1 aromatic rings. The fraction of sp³-hybridized carbons (Fsp3) is 0.625. The van der Waals surface area contributed by atoms with Gasteiger partial charge in [-0.1, -0.05) is 0 Å². The largest absolute Gasteiger partial charge is 0.448 e. The molecular weight excluding hydrogens is 172 g/mol. The molecule has 1 aliphatic rings. The van der Waals surface area contributed by atoms with Crippen LogP contribution in [0.2, 0.25) is 0 Å². The summed E-state index contributed by atoms with van der Waals surface area (Å²) in [4.78, 5) is 4.11. The van der Waals surface area contributed by atoms with Crippen molar-refractivity contribution in [1.82, 2.24) is 10.3 Å². The molecule has 1 aliphatic heterocycles. The molecule has 0 radical (unpaired) electrons. The fourth-order valence-electron chi connectivity index (χ4n) is 1.09. The minimum atomic E-state index is 0.686. The van der Waals surface area contributed by atoms with Crippen LogP contribution in [0.15, 0.2) is 10.8 Å². The van der Waals surface area contributed by atoms with E-state index in [0.717, 1.165) is 18.0 Å². The highest BCUT2D eigenvalue weighted by Crippen LogP contribution is 2.17. The van der Waals surface area contributed by atoms with Crippen LogP contribution in [0.1, 0.15) is 11.5 Å². The van der Waals surface area contributed by atoms with Crippen molar-refractivity contribution in [3.8, 4) is 0 Å². The van der Waals surface area contributed by atoms with Gasteiger partial charge in [0.25, 0.3) is 0 Å². The van der Waals surface area contributed by atoms with Crippen molar-refractivity contribution in [3.05, 3.63) is 17.8 Å². The predicted octanol–water partition coefficient (Wildman–Crippen LogP) is 1.19. The molecule has 66 valence electrons. The number of rotatable bonds is 3. The van der Waals surface area contributed by atoms with E-state index in [1.165, 1.54) is 17.9 Å². The van der Waals surface area contributed by atoms with Crippen LogP contribution in [0.25, 0.3) is 0 Å². The third-order valence-electron chi connectivity index (χ3n) is 2.04. The SMILES string of the molecule is Cc1ocnc1CNC1CSC1. The Labute approximate surface area is 75.9 Å². The first kappa shape index (κ1) is 8.13. The van der Waals surface area contributed by atoms with E-state index in [9.17, 15) is 0 Å². The molecule has 2 heterocycles. The monoisotopic (exact) mass is 184 g/mol. The van der Waals surface area contributed by atoms with Crippen LogP contribution in [0.4, 0.5) is 0 Å². The number of nitrogens with zero attached hydrogens (tertiary/aromatic N) is 1. The lowest BCUT2D eigenvalue weighted by Crippen LogP contribution is -2.39. The van der Waals surface area contributed by atoms with Crippen LogP contribution in [0.5, 0.6) is 0 Å². The Balaban J connectivity index is 1.82. The van der Waals surface area contributed by atoms with E-state index < -0.39 is 0 Å². The van der Waals surface area contributed by atoms with Gasteiger partial charge in [-0.3, -0.25) is 0 Å². The highest BCUT2D eigenvalue weighted by Gasteiger charge is 2.17. The predicted molar refractivity (Wildman–Crippen MR) is 49.2 cm³/mol. The van der Waals surface area contributed by atoms with Gasteiger partial charge in [0.05, 0.1) is 5.69 Å². The first-order chi connectivity index (χ1) is 5.86. The molecule has 2 rings (SSSR count). The van der Waals surface area contributed by atoms with Crippen LogP contribution in [-0.4, -0.2) is 22.5 Å². The zero-order chi connectivity index (χ0) is 8.39. The second kappa shape index (κ2) is 3.49. The summed E-state index contributed by atoms with van der Waals surface area (Å²) in [7, 11) is 0. The first-order valence-corrected chi connectivity index (χ1v) is 5.22. The first-order valence-electron chi connectivity index (χ1n) is 4.06. The maximum atomic E-state index is 5.09. The second-order valence-electron chi connectivity index (χ2n) is 2.97. The van der Waals surface area contributed by atoms with Gasteiger partial charge in [-0.15, -0.1) is 0 Å². The Morgan fingerprint density at radius 2 is 2.58 bits per heavy atom. The molecule has 0 amide bonds. The topological polar surface area (TPSA) is 38.1 Å². The van der Waals surface area contributed by atoms with Gasteiger partial charge in [-0.05, 0) is 6.92 Å².